The second kappa shape index (κ2) is 7.77. The first-order valence-electron chi connectivity index (χ1n) is 8.37. The summed E-state index contributed by atoms with van der Waals surface area (Å²) in [4.78, 5) is 15.0. The maximum Gasteiger partial charge on any atom is 0.259 e. The second-order valence-electron chi connectivity index (χ2n) is 6.38. The van der Waals surface area contributed by atoms with Crippen LogP contribution in [0.2, 0.25) is 10.0 Å². The Hall–Kier alpha value is -1.56. The third-order valence-electron chi connectivity index (χ3n) is 4.58. The molecule has 1 fully saturated rings. The van der Waals surface area contributed by atoms with Crippen LogP contribution < -0.4 is 5.32 Å². The van der Waals surface area contributed by atoms with Crippen LogP contribution in [0.25, 0.3) is 11.3 Å². The Balaban J connectivity index is 1.95. The van der Waals surface area contributed by atoms with Gasteiger partial charge in [-0.2, -0.15) is 0 Å². The monoisotopic (exact) mass is 381 g/mol. The Morgan fingerprint density at radius 3 is 2.80 bits per heavy atom. The van der Waals surface area contributed by atoms with E-state index in [2.05, 4.69) is 10.5 Å². The summed E-state index contributed by atoms with van der Waals surface area (Å²) in [6, 6.07) is 5.21. The van der Waals surface area contributed by atoms with Crippen molar-refractivity contribution in [2.75, 3.05) is 26.7 Å². The average Bonchev–Trinajstić information content (AvgIpc) is 2.96. The van der Waals surface area contributed by atoms with Crippen molar-refractivity contribution in [1.82, 2.24) is 15.4 Å². The number of amides is 1. The number of piperidine rings is 1. The molecule has 5 nitrogen and oxygen atoms in total. The van der Waals surface area contributed by atoms with Gasteiger partial charge in [-0.1, -0.05) is 34.4 Å². The summed E-state index contributed by atoms with van der Waals surface area (Å²) < 4.78 is 5.32. The first-order valence-corrected chi connectivity index (χ1v) is 9.13. The third kappa shape index (κ3) is 3.68. The van der Waals surface area contributed by atoms with Crippen LogP contribution in [-0.4, -0.2) is 42.6 Å². The van der Waals surface area contributed by atoms with Gasteiger partial charge in [0, 0.05) is 18.7 Å². The summed E-state index contributed by atoms with van der Waals surface area (Å²) >= 11 is 12.6. The number of aryl methyl sites for hydroxylation is 1. The minimum absolute atomic E-state index is 0.0782. The molecule has 1 unspecified atom stereocenters. The van der Waals surface area contributed by atoms with Gasteiger partial charge in [-0.15, -0.1) is 0 Å². The molecule has 0 bridgehead atoms. The number of carbonyl (C=O) groups excluding carboxylic acids is 1. The van der Waals surface area contributed by atoms with Crippen LogP contribution in [0, 0.1) is 12.8 Å². The number of carbonyl (C=O) groups is 1. The summed E-state index contributed by atoms with van der Waals surface area (Å²) in [5.41, 5.74) is 1.39. The van der Waals surface area contributed by atoms with E-state index in [9.17, 15) is 4.79 Å². The number of rotatable bonds is 4. The highest BCUT2D eigenvalue weighted by molar-refractivity contribution is 6.39. The maximum absolute atomic E-state index is 13.2. The fourth-order valence-electron chi connectivity index (χ4n) is 3.38. The molecule has 1 aromatic heterocycles. The molecule has 0 radical (unpaired) electrons. The predicted molar refractivity (Wildman–Crippen MR) is 99.3 cm³/mol. The number of halogens is 2. The van der Waals surface area contributed by atoms with E-state index in [0.29, 0.717) is 38.5 Å². The molecule has 3 rings (SSSR count). The number of benzene rings is 1. The van der Waals surface area contributed by atoms with Gasteiger partial charge in [-0.25, -0.2) is 0 Å². The zero-order chi connectivity index (χ0) is 18.0. The second-order valence-corrected chi connectivity index (χ2v) is 7.19. The van der Waals surface area contributed by atoms with Gasteiger partial charge in [-0.3, -0.25) is 4.79 Å². The van der Waals surface area contributed by atoms with Gasteiger partial charge < -0.3 is 14.7 Å². The van der Waals surface area contributed by atoms with Gasteiger partial charge in [0.25, 0.3) is 5.91 Å². The van der Waals surface area contributed by atoms with E-state index in [-0.39, 0.29) is 5.91 Å². The molecule has 1 aliphatic heterocycles. The van der Waals surface area contributed by atoms with Crippen molar-refractivity contribution < 1.29 is 9.32 Å². The zero-order valence-electron chi connectivity index (χ0n) is 14.3. The van der Waals surface area contributed by atoms with E-state index in [0.717, 1.165) is 32.5 Å². The highest BCUT2D eigenvalue weighted by Crippen LogP contribution is 2.37. The van der Waals surface area contributed by atoms with Gasteiger partial charge in [0.2, 0.25) is 0 Å². The molecular formula is C18H21Cl2N3O2. The number of hydrogen-bond donors (Lipinski definition) is 1. The Labute approximate surface area is 157 Å². The number of aromatic nitrogens is 1. The smallest absolute Gasteiger partial charge is 0.259 e. The van der Waals surface area contributed by atoms with Gasteiger partial charge in [-0.05, 0) is 51.4 Å². The summed E-state index contributed by atoms with van der Waals surface area (Å²) in [6.45, 7) is 4.10. The first kappa shape index (κ1) is 18.2. The number of hydrogen-bond acceptors (Lipinski definition) is 4. The summed E-state index contributed by atoms with van der Waals surface area (Å²) in [5, 5.41) is 8.16. The van der Waals surface area contributed by atoms with Crippen molar-refractivity contribution in [3.63, 3.8) is 0 Å². The molecule has 2 heterocycles. The molecule has 25 heavy (non-hydrogen) atoms. The highest BCUT2D eigenvalue weighted by atomic mass is 35.5. The van der Waals surface area contributed by atoms with E-state index in [1.165, 1.54) is 0 Å². The molecule has 7 heteroatoms. The zero-order valence-corrected chi connectivity index (χ0v) is 15.8. The highest BCUT2D eigenvalue weighted by Gasteiger charge is 2.30. The van der Waals surface area contributed by atoms with Crippen LogP contribution in [0.1, 0.15) is 29.0 Å². The minimum Gasteiger partial charge on any atom is -0.360 e. The molecule has 0 aliphatic carbocycles. The predicted octanol–water partition coefficient (Wildman–Crippen LogP) is 4.03. The molecular weight excluding hydrogens is 361 g/mol. The minimum atomic E-state index is -0.0782. The first-order chi connectivity index (χ1) is 12.0. The Morgan fingerprint density at radius 2 is 2.12 bits per heavy atom. The van der Waals surface area contributed by atoms with Crippen molar-refractivity contribution in [2.45, 2.75) is 19.8 Å². The SMILES string of the molecule is CNCC1CCCN(C(=O)c2c(-c3c(Cl)cccc3Cl)noc2C)C1. The fourth-order valence-corrected chi connectivity index (χ4v) is 3.96. The van der Waals surface area contributed by atoms with Gasteiger partial charge in [0.05, 0.1) is 10.0 Å². The van der Waals surface area contributed by atoms with E-state index in [4.69, 9.17) is 27.7 Å². The van der Waals surface area contributed by atoms with Crippen LogP contribution in [0.3, 0.4) is 0 Å². The lowest BCUT2D eigenvalue weighted by Gasteiger charge is -2.32. The Morgan fingerprint density at radius 1 is 1.40 bits per heavy atom. The van der Waals surface area contributed by atoms with Gasteiger partial charge in [0.15, 0.2) is 0 Å². The number of likely N-dealkylation sites (tertiary alicyclic amines) is 1. The standard InChI is InChI=1S/C18H21Cl2N3O2/c1-11-15(18(24)23-8-4-5-12(10-23)9-21-2)17(22-25-11)16-13(19)6-3-7-14(16)20/h3,6-7,12,21H,4-5,8-10H2,1-2H3. The van der Waals surface area contributed by atoms with Crippen LogP contribution in [-0.2, 0) is 0 Å². The van der Waals surface area contributed by atoms with Gasteiger partial charge >= 0.3 is 0 Å². The Bertz CT molecular complexity index is 753. The van der Waals surface area contributed by atoms with E-state index in [1.54, 1.807) is 25.1 Å². The lowest BCUT2D eigenvalue weighted by Crippen LogP contribution is -2.42. The summed E-state index contributed by atoms with van der Waals surface area (Å²) in [5.74, 6) is 0.854. The fraction of sp³-hybridized carbons (Fsp3) is 0.444. The van der Waals surface area contributed by atoms with E-state index < -0.39 is 0 Å². The van der Waals surface area contributed by atoms with Crippen molar-refractivity contribution >= 4 is 29.1 Å². The molecule has 1 atom stereocenters. The van der Waals surface area contributed by atoms with Gasteiger partial charge in [0.1, 0.15) is 17.0 Å². The quantitative estimate of drug-likeness (QED) is 0.868. The maximum atomic E-state index is 13.2. The van der Waals surface area contributed by atoms with Crippen molar-refractivity contribution in [3.05, 3.63) is 39.6 Å². The van der Waals surface area contributed by atoms with Crippen LogP contribution in [0.4, 0.5) is 0 Å². The molecule has 1 saturated heterocycles. The Kier molecular flexibility index (Phi) is 5.67. The largest absolute Gasteiger partial charge is 0.360 e. The van der Waals surface area contributed by atoms with E-state index >= 15 is 0 Å². The van der Waals surface area contributed by atoms with Crippen LogP contribution in [0.15, 0.2) is 22.7 Å². The van der Waals surface area contributed by atoms with Crippen molar-refractivity contribution in [3.8, 4) is 11.3 Å². The molecule has 0 spiro atoms. The lowest BCUT2D eigenvalue weighted by molar-refractivity contribution is 0.0673. The van der Waals surface area contributed by atoms with Crippen molar-refractivity contribution in [1.29, 1.82) is 0 Å². The average molecular weight is 382 g/mol. The summed E-state index contributed by atoms with van der Waals surface area (Å²) in [7, 11) is 1.93. The molecule has 134 valence electrons. The normalized spacial score (nSPS) is 17.8. The molecule has 1 amide bonds. The molecule has 0 saturated carbocycles. The summed E-state index contributed by atoms with van der Waals surface area (Å²) in [6.07, 6.45) is 2.11. The molecule has 1 N–H and O–H groups in total. The van der Waals surface area contributed by atoms with E-state index in [1.807, 2.05) is 11.9 Å². The number of nitrogens with zero attached hydrogens (tertiary/aromatic N) is 2. The molecule has 2 aromatic rings. The van der Waals surface area contributed by atoms with Crippen molar-refractivity contribution in [2.24, 2.45) is 5.92 Å². The lowest BCUT2D eigenvalue weighted by atomic mass is 9.96. The number of nitrogens with one attached hydrogen (secondary N) is 1. The van der Waals surface area contributed by atoms with Crippen LogP contribution in [0.5, 0.6) is 0 Å². The topological polar surface area (TPSA) is 58.4 Å². The molecule has 1 aliphatic rings. The van der Waals surface area contributed by atoms with Crippen LogP contribution >= 0.6 is 23.2 Å². The molecule has 1 aromatic carbocycles. The third-order valence-corrected chi connectivity index (χ3v) is 5.21.